The predicted octanol–water partition coefficient (Wildman–Crippen LogP) is 2.69. The van der Waals surface area contributed by atoms with Gasteiger partial charge in [0.15, 0.2) is 0 Å². The summed E-state index contributed by atoms with van der Waals surface area (Å²) in [5.41, 5.74) is 1.73. The van der Waals surface area contributed by atoms with Crippen molar-refractivity contribution in [2.24, 2.45) is 0 Å². The molecule has 0 nitrogen and oxygen atoms in total. The fourth-order valence-corrected chi connectivity index (χ4v) is 2.30. The molecule has 1 aromatic rings. The van der Waals surface area contributed by atoms with Crippen molar-refractivity contribution < 1.29 is 0 Å². The van der Waals surface area contributed by atoms with Crippen molar-refractivity contribution in [1.29, 1.82) is 0 Å². The maximum absolute atomic E-state index is 2.83. The summed E-state index contributed by atoms with van der Waals surface area (Å²) in [6.07, 6.45) is 2.22. The highest BCUT2D eigenvalue weighted by Crippen LogP contribution is 2.27. The number of hydrogen-bond donors (Lipinski definition) is 0. The van der Waals surface area contributed by atoms with E-state index in [1.165, 1.54) is 5.56 Å². The van der Waals surface area contributed by atoms with Gasteiger partial charge in [0.05, 0.1) is 0 Å². The minimum absolute atomic E-state index is 0.302. The lowest BCUT2D eigenvalue weighted by Crippen LogP contribution is -2.25. The van der Waals surface area contributed by atoms with Crippen LogP contribution in [-0.2, 0) is 5.41 Å². The van der Waals surface area contributed by atoms with Crippen molar-refractivity contribution in [3.05, 3.63) is 35.9 Å². The van der Waals surface area contributed by atoms with Crippen LogP contribution in [0.3, 0.4) is 0 Å². The standard InChI is InChI=1S/C10H16P2/c1-10(7-11,8-12)9-5-3-2-4-6-9/h2-6H,7-8,11-12H2,1H3. The lowest BCUT2D eigenvalue weighted by atomic mass is 9.86. The zero-order chi connectivity index (χ0) is 9.03. The van der Waals surface area contributed by atoms with E-state index in [0.717, 1.165) is 12.3 Å². The van der Waals surface area contributed by atoms with Gasteiger partial charge in [0.2, 0.25) is 0 Å². The second kappa shape index (κ2) is 4.35. The molecular weight excluding hydrogens is 182 g/mol. The van der Waals surface area contributed by atoms with Gasteiger partial charge in [0.1, 0.15) is 0 Å². The molecular formula is C10H16P2. The zero-order valence-corrected chi connectivity index (χ0v) is 9.77. The van der Waals surface area contributed by atoms with Crippen LogP contribution >= 0.6 is 18.5 Å². The van der Waals surface area contributed by atoms with Crippen LogP contribution in [-0.4, -0.2) is 12.3 Å². The molecule has 2 atom stereocenters. The molecule has 0 aliphatic heterocycles. The van der Waals surface area contributed by atoms with Crippen molar-refractivity contribution in [1.82, 2.24) is 0 Å². The van der Waals surface area contributed by atoms with Gasteiger partial charge in [-0.25, -0.2) is 0 Å². The molecule has 1 aromatic carbocycles. The summed E-state index contributed by atoms with van der Waals surface area (Å²) in [4.78, 5) is 0. The Morgan fingerprint density at radius 1 is 1.08 bits per heavy atom. The molecule has 0 aromatic heterocycles. The van der Waals surface area contributed by atoms with Gasteiger partial charge in [-0.2, -0.15) is 0 Å². The first-order chi connectivity index (χ1) is 5.73. The van der Waals surface area contributed by atoms with E-state index in [1.807, 2.05) is 0 Å². The Balaban J connectivity index is 2.95. The van der Waals surface area contributed by atoms with Crippen LogP contribution in [0.15, 0.2) is 30.3 Å². The summed E-state index contributed by atoms with van der Waals surface area (Å²) in [5, 5.41) is 0. The minimum Gasteiger partial charge on any atom is -0.137 e. The zero-order valence-electron chi connectivity index (χ0n) is 7.46. The SMILES string of the molecule is CC(CP)(CP)c1ccccc1. The molecule has 0 N–H and O–H groups in total. The lowest BCUT2D eigenvalue weighted by molar-refractivity contribution is 0.614. The van der Waals surface area contributed by atoms with E-state index in [4.69, 9.17) is 0 Å². The van der Waals surface area contributed by atoms with Gasteiger partial charge < -0.3 is 0 Å². The second-order valence-corrected chi connectivity index (χ2v) is 4.15. The molecule has 0 aliphatic carbocycles. The van der Waals surface area contributed by atoms with E-state index in [0.29, 0.717) is 5.41 Å². The van der Waals surface area contributed by atoms with Crippen LogP contribution in [0.4, 0.5) is 0 Å². The highest BCUT2D eigenvalue weighted by molar-refractivity contribution is 7.18. The van der Waals surface area contributed by atoms with E-state index in [2.05, 4.69) is 55.7 Å². The maximum Gasteiger partial charge on any atom is -0.000637 e. The first-order valence-corrected chi connectivity index (χ1v) is 5.82. The number of hydrogen-bond acceptors (Lipinski definition) is 0. The predicted molar refractivity (Wildman–Crippen MR) is 62.9 cm³/mol. The van der Waals surface area contributed by atoms with E-state index in [-0.39, 0.29) is 0 Å². The van der Waals surface area contributed by atoms with Gasteiger partial charge in [-0.3, -0.25) is 0 Å². The van der Waals surface area contributed by atoms with Gasteiger partial charge >= 0.3 is 0 Å². The van der Waals surface area contributed by atoms with E-state index in [1.54, 1.807) is 0 Å². The summed E-state index contributed by atoms with van der Waals surface area (Å²) in [5.74, 6) is 0. The Labute approximate surface area is 79.6 Å². The van der Waals surface area contributed by atoms with Crippen LogP contribution in [0, 0.1) is 0 Å². The first kappa shape index (κ1) is 10.2. The molecule has 0 radical (unpaired) electrons. The third-order valence-electron chi connectivity index (χ3n) is 2.37. The van der Waals surface area contributed by atoms with Crippen molar-refractivity contribution in [2.75, 3.05) is 12.3 Å². The van der Waals surface area contributed by atoms with Gasteiger partial charge in [-0.1, -0.05) is 37.3 Å². The van der Waals surface area contributed by atoms with Gasteiger partial charge in [-0.05, 0) is 23.3 Å². The maximum atomic E-state index is 2.83. The van der Waals surface area contributed by atoms with Gasteiger partial charge in [-0.15, -0.1) is 18.5 Å². The normalized spacial score (nSPS) is 11.6. The van der Waals surface area contributed by atoms with Gasteiger partial charge in [0.25, 0.3) is 0 Å². The fraction of sp³-hybridized carbons (Fsp3) is 0.400. The quantitative estimate of drug-likeness (QED) is 0.655. The van der Waals surface area contributed by atoms with Crippen LogP contribution < -0.4 is 0 Å². The average molecular weight is 198 g/mol. The molecule has 0 spiro atoms. The molecule has 2 unspecified atom stereocenters. The Bertz CT molecular complexity index is 227. The molecule has 0 amide bonds. The van der Waals surface area contributed by atoms with E-state index >= 15 is 0 Å². The van der Waals surface area contributed by atoms with Crippen LogP contribution in [0.1, 0.15) is 12.5 Å². The molecule has 66 valence electrons. The third kappa shape index (κ3) is 2.06. The Hall–Kier alpha value is 0.0800. The van der Waals surface area contributed by atoms with E-state index < -0.39 is 0 Å². The molecule has 0 fully saturated rings. The molecule has 12 heavy (non-hydrogen) atoms. The largest absolute Gasteiger partial charge is 0.137 e. The Morgan fingerprint density at radius 3 is 2.00 bits per heavy atom. The molecule has 2 heteroatoms. The molecule has 0 aliphatic rings. The average Bonchev–Trinajstić information content (AvgIpc) is 2.18. The second-order valence-electron chi connectivity index (χ2n) is 3.33. The molecule has 0 saturated heterocycles. The monoisotopic (exact) mass is 198 g/mol. The summed E-state index contributed by atoms with van der Waals surface area (Å²) in [6, 6.07) is 10.7. The van der Waals surface area contributed by atoms with Crippen molar-refractivity contribution in [3.8, 4) is 0 Å². The molecule has 0 saturated carbocycles. The van der Waals surface area contributed by atoms with Crippen LogP contribution in [0.2, 0.25) is 0 Å². The minimum atomic E-state index is 0.302. The first-order valence-electron chi connectivity index (χ1n) is 4.18. The number of rotatable bonds is 3. The topological polar surface area (TPSA) is 0 Å². The Kier molecular flexibility index (Phi) is 3.69. The highest BCUT2D eigenvalue weighted by Gasteiger charge is 2.21. The Morgan fingerprint density at radius 2 is 1.58 bits per heavy atom. The van der Waals surface area contributed by atoms with E-state index in [9.17, 15) is 0 Å². The summed E-state index contributed by atoms with van der Waals surface area (Å²) >= 11 is 0. The summed E-state index contributed by atoms with van der Waals surface area (Å²) in [7, 11) is 5.66. The van der Waals surface area contributed by atoms with Crippen molar-refractivity contribution in [2.45, 2.75) is 12.3 Å². The van der Waals surface area contributed by atoms with Crippen LogP contribution in [0.5, 0.6) is 0 Å². The highest BCUT2D eigenvalue weighted by atomic mass is 31.0. The van der Waals surface area contributed by atoms with Crippen molar-refractivity contribution >= 4 is 18.5 Å². The molecule has 1 rings (SSSR count). The molecule has 0 heterocycles. The van der Waals surface area contributed by atoms with Gasteiger partial charge in [0, 0.05) is 0 Å². The smallest absolute Gasteiger partial charge is 0.000637 e. The molecule has 0 bridgehead atoms. The van der Waals surface area contributed by atoms with Crippen molar-refractivity contribution in [3.63, 3.8) is 0 Å². The fourth-order valence-electron chi connectivity index (χ4n) is 1.16. The summed E-state index contributed by atoms with van der Waals surface area (Å²) < 4.78 is 0. The summed E-state index contributed by atoms with van der Waals surface area (Å²) in [6.45, 7) is 2.29. The lowest BCUT2D eigenvalue weighted by Gasteiger charge is -2.26. The third-order valence-corrected chi connectivity index (χ3v) is 4.17. The van der Waals surface area contributed by atoms with Crippen LogP contribution in [0.25, 0.3) is 0 Å². The number of benzene rings is 1.